The molecule has 3 nitrogen and oxygen atoms in total. The number of aryl methyl sites for hydroxylation is 2. The number of hydrogen-bond donors (Lipinski definition) is 1. The molecular formula is C22H18Cl2O3. The van der Waals surface area contributed by atoms with Gasteiger partial charge in [-0.2, -0.15) is 0 Å². The highest BCUT2D eigenvalue weighted by atomic mass is 35.5. The molecule has 0 unspecified atom stereocenters. The summed E-state index contributed by atoms with van der Waals surface area (Å²) in [5.41, 5.74) is 3.36. The number of carbonyl (C=O) groups is 1. The molecule has 0 saturated carbocycles. The first-order valence-corrected chi connectivity index (χ1v) is 9.25. The normalized spacial score (nSPS) is 10.6. The van der Waals surface area contributed by atoms with Gasteiger partial charge in [0, 0.05) is 15.6 Å². The van der Waals surface area contributed by atoms with Gasteiger partial charge in [0.1, 0.15) is 12.4 Å². The predicted octanol–water partition coefficient (Wildman–Crippen LogP) is 6.06. The van der Waals surface area contributed by atoms with Gasteiger partial charge in [0.25, 0.3) is 0 Å². The van der Waals surface area contributed by atoms with Crippen molar-refractivity contribution in [3.05, 3.63) is 99.0 Å². The molecule has 0 atom stereocenters. The second kappa shape index (κ2) is 8.94. The predicted molar refractivity (Wildman–Crippen MR) is 108 cm³/mol. The van der Waals surface area contributed by atoms with Crippen molar-refractivity contribution in [1.82, 2.24) is 0 Å². The fourth-order valence-electron chi connectivity index (χ4n) is 2.70. The SMILES string of the molecule is O=C(O)c1cccc(CCc2ccc(OCc3ccc(Cl)cc3Cl)cc2)c1. The van der Waals surface area contributed by atoms with Crippen LogP contribution in [-0.2, 0) is 19.4 Å². The lowest BCUT2D eigenvalue weighted by molar-refractivity contribution is 0.0696. The molecule has 138 valence electrons. The maximum absolute atomic E-state index is 11.0. The molecule has 0 spiro atoms. The maximum Gasteiger partial charge on any atom is 0.335 e. The number of rotatable bonds is 7. The lowest BCUT2D eigenvalue weighted by Crippen LogP contribution is -1.99. The van der Waals surface area contributed by atoms with E-state index in [2.05, 4.69) is 0 Å². The quantitative estimate of drug-likeness (QED) is 0.524. The molecule has 0 aromatic heterocycles. The molecule has 3 aromatic carbocycles. The number of carboxylic acid groups (broad SMARTS) is 1. The standard InChI is InChI=1S/C22H18Cl2O3/c23-19-9-8-18(21(24)13-19)14-27-20-10-6-15(7-11-20)4-5-16-2-1-3-17(12-16)22(25)26/h1-3,6-13H,4-5,14H2,(H,25,26). The van der Waals surface area contributed by atoms with E-state index in [1.807, 2.05) is 36.4 Å². The summed E-state index contributed by atoms with van der Waals surface area (Å²) in [5, 5.41) is 10.2. The van der Waals surface area contributed by atoms with Crippen LogP contribution in [0.1, 0.15) is 27.0 Å². The van der Waals surface area contributed by atoms with Gasteiger partial charge in [-0.3, -0.25) is 0 Å². The van der Waals surface area contributed by atoms with E-state index in [9.17, 15) is 4.79 Å². The van der Waals surface area contributed by atoms with E-state index in [-0.39, 0.29) is 0 Å². The van der Waals surface area contributed by atoms with E-state index in [4.69, 9.17) is 33.0 Å². The van der Waals surface area contributed by atoms with Crippen LogP contribution in [0.3, 0.4) is 0 Å². The lowest BCUT2D eigenvalue weighted by Gasteiger charge is -2.09. The van der Waals surface area contributed by atoms with E-state index in [1.165, 1.54) is 0 Å². The smallest absolute Gasteiger partial charge is 0.335 e. The van der Waals surface area contributed by atoms with Crippen LogP contribution in [0.2, 0.25) is 10.0 Å². The van der Waals surface area contributed by atoms with Crippen LogP contribution in [0, 0.1) is 0 Å². The second-order valence-electron chi connectivity index (χ2n) is 6.17. The van der Waals surface area contributed by atoms with Gasteiger partial charge in [-0.25, -0.2) is 4.79 Å². The Morgan fingerprint density at radius 1 is 0.889 bits per heavy atom. The highest BCUT2D eigenvalue weighted by Gasteiger charge is 2.05. The summed E-state index contributed by atoms with van der Waals surface area (Å²) in [6.45, 7) is 0.372. The van der Waals surface area contributed by atoms with Crippen LogP contribution in [0.5, 0.6) is 5.75 Å². The summed E-state index contributed by atoms with van der Waals surface area (Å²) in [6.07, 6.45) is 1.61. The molecule has 0 fully saturated rings. The van der Waals surface area contributed by atoms with Crippen LogP contribution in [-0.4, -0.2) is 11.1 Å². The van der Waals surface area contributed by atoms with Crippen molar-refractivity contribution in [2.75, 3.05) is 0 Å². The molecule has 0 saturated heterocycles. The van der Waals surface area contributed by atoms with Gasteiger partial charge in [0.15, 0.2) is 0 Å². The Hall–Kier alpha value is -2.49. The minimum absolute atomic E-state index is 0.317. The van der Waals surface area contributed by atoms with Crippen molar-refractivity contribution in [2.24, 2.45) is 0 Å². The van der Waals surface area contributed by atoms with Crippen LogP contribution in [0.25, 0.3) is 0 Å². The fraction of sp³-hybridized carbons (Fsp3) is 0.136. The number of aromatic carboxylic acids is 1. The summed E-state index contributed by atoms with van der Waals surface area (Å²) in [7, 11) is 0. The number of benzene rings is 3. The highest BCUT2D eigenvalue weighted by Crippen LogP contribution is 2.23. The first-order valence-electron chi connectivity index (χ1n) is 8.49. The van der Waals surface area contributed by atoms with Crippen molar-refractivity contribution < 1.29 is 14.6 Å². The molecule has 1 N–H and O–H groups in total. The topological polar surface area (TPSA) is 46.5 Å². The van der Waals surface area contributed by atoms with E-state index in [0.717, 1.165) is 35.3 Å². The molecule has 0 amide bonds. The molecule has 0 aliphatic carbocycles. The molecule has 0 heterocycles. The van der Waals surface area contributed by atoms with Crippen LogP contribution in [0.4, 0.5) is 0 Å². The van der Waals surface area contributed by atoms with Crippen molar-refractivity contribution in [3.8, 4) is 5.75 Å². The zero-order chi connectivity index (χ0) is 19.2. The fourth-order valence-corrected chi connectivity index (χ4v) is 3.16. The summed E-state index contributed by atoms with van der Waals surface area (Å²) in [5.74, 6) is -0.142. The van der Waals surface area contributed by atoms with Gasteiger partial charge in [-0.15, -0.1) is 0 Å². The van der Waals surface area contributed by atoms with Crippen molar-refractivity contribution in [1.29, 1.82) is 0 Å². The molecule has 5 heteroatoms. The van der Waals surface area contributed by atoms with E-state index in [0.29, 0.717) is 22.2 Å². The first-order chi connectivity index (χ1) is 13.0. The van der Waals surface area contributed by atoms with E-state index < -0.39 is 5.97 Å². The minimum atomic E-state index is -0.904. The van der Waals surface area contributed by atoms with Crippen LogP contribution >= 0.6 is 23.2 Å². The van der Waals surface area contributed by atoms with Crippen molar-refractivity contribution in [3.63, 3.8) is 0 Å². The third-order valence-corrected chi connectivity index (χ3v) is 4.80. The molecule has 0 radical (unpaired) electrons. The molecular weight excluding hydrogens is 383 g/mol. The molecule has 0 aliphatic heterocycles. The van der Waals surface area contributed by atoms with Gasteiger partial charge in [-0.05, 0) is 60.4 Å². The van der Waals surface area contributed by atoms with E-state index in [1.54, 1.807) is 30.3 Å². The number of halogens is 2. The molecule has 3 aromatic rings. The Morgan fingerprint density at radius 2 is 1.63 bits per heavy atom. The Balaban J connectivity index is 1.55. The average molecular weight is 401 g/mol. The average Bonchev–Trinajstić information content (AvgIpc) is 2.67. The Bertz CT molecular complexity index is 937. The lowest BCUT2D eigenvalue weighted by atomic mass is 10.0. The van der Waals surface area contributed by atoms with Gasteiger partial charge in [0.05, 0.1) is 5.56 Å². The van der Waals surface area contributed by atoms with Gasteiger partial charge < -0.3 is 9.84 Å². The van der Waals surface area contributed by atoms with Gasteiger partial charge in [-0.1, -0.05) is 53.5 Å². The number of ether oxygens (including phenoxy) is 1. The molecule has 0 aliphatic rings. The highest BCUT2D eigenvalue weighted by molar-refractivity contribution is 6.35. The monoisotopic (exact) mass is 400 g/mol. The molecule has 0 bridgehead atoms. The maximum atomic E-state index is 11.0. The largest absolute Gasteiger partial charge is 0.489 e. The van der Waals surface area contributed by atoms with E-state index >= 15 is 0 Å². The second-order valence-corrected chi connectivity index (χ2v) is 7.02. The Labute approximate surface area is 168 Å². The number of hydrogen-bond acceptors (Lipinski definition) is 2. The molecule has 3 rings (SSSR count). The van der Waals surface area contributed by atoms with Crippen molar-refractivity contribution >= 4 is 29.2 Å². The Kier molecular flexibility index (Phi) is 6.38. The summed E-state index contributed by atoms with van der Waals surface area (Å²) in [4.78, 5) is 11.0. The molecule has 27 heavy (non-hydrogen) atoms. The zero-order valence-electron chi connectivity index (χ0n) is 14.5. The van der Waals surface area contributed by atoms with Crippen LogP contribution < -0.4 is 4.74 Å². The van der Waals surface area contributed by atoms with Gasteiger partial charge >= 0.3 is 5.97 Å². The summed E-state index contributed by atoms with van der Waals surface area (Å²) in [6, 6.07) is 20.3. The number of carboxylic acids is 1. The minimum Gasteiger partial charge on any atom is -0.489 e. The third kappa shape index (κ3) is 5.49. The van der Waals surface area contributed by atoms with Crippen LogP contribution in [0.15, 0.2) is 66.7 Å². The Morgan fingerprint density at radius 3 is 2.33 bits per heavy atom. The zero-order valence-corrected chi connectivity index (χ0v) is 16.0. The van der Waals surface area contributed by atoms with Crippen molar-refractivity contribution in [2.45, 2.75) is 19.4 Å². The van der Waals surface area contributed by atoms with Gasteiger partial charge in [0.2, 0.25) is 0 Å². The summed E-state index contributed by atoms with van der Waals surface area (Å²) >= 11 is 12.0. The first kappa shape index (κ1) is 19.3. The summed E-state index contributed by atoms with van der Waals surface area (Å²) < 4.78 is 5.78. The third-order valence-electron chi connectivity index (χ3n) is 4.21.